The molecule has 0 saturated carbocycles. The highest BCUT2D eigenvalue weighted by Crippen LogP contribution is 2.30. The molecule has 0 radical (unpaired) electrons. The standard InChI is InChI=1S/C27H23ClN2O3S2/c28-22-17-15-21(16-18-22)20-34-26-14-8-7-13-25(26)29-27(31)19-30(23-9-3-1-4-10-23)35(32,33)24-11-5-2-6-12-24/h1-18H,19-20H2,(H,29,31). The van der Waals surface area contributed by atoms with Gasteiger partial charge in [-0.3, -0.25) is 9.10 Å². The summed E-state index contributed by atoms with van der Waals surface area (Å²) in [6, 6.07) is 31.8. The zero-order chi connectivity index (χ0) is 24.7. The number of hydrogen-bond acceptors (Lipinski definition) is 4. The molecule has 0 aliphatic carbocycles. The maximum Gasteiger partial charge on any atom is 0.264 e. The van der Waals surface area contributed by atoms with Crippen molar-refractivity contribution in [2.75, 3.05) is 16.2 Å². The molecule has 0 aliphatic heterocycles. The smallest absolute Gasteiger partial charge is 0.264 e. The van der Waals surface area contributed by atoms with Crippen molar-refractivity contribution < 1.29 is 13.2 Å². The number of sulfonamides is 1. The average molecular weight is 523 g/mol. The van der Waals surface area contributed by atoms with Crippen LogP contribution in [-0.4, -0.2) is 20.9 Å². The lowest BCUT2D eigenvalue weighted by atomic mass is 10.2. The largest absolute Gasteiger partial charge is 0.323 e. The van der Waals surface area contributed by atoms with Crippen LogP contribution in [0.15, 0.2) is 119 Å². The molecule has 0 spiro atoms. The number of para-hydroxylation sites is 2. The van der Waals surface area contributed by atoms with Crippen LogP contribution < -0.4 is 9.62 Å². The number of nitrogens with zero attached hydrogens (tertiary/aromatic N) is 1. The van der Waals surface area contributed by atoms with Gasteiger partial charge in [0, 0.05) is 15.7 Å². The Morgan fingerprint density at radius 2 is 1.40 bits per heavy atom. The molecule has 0 aliphatic rings. The molecular weight excluding hydrogens is 500 g/mol. The topological polar surface area (TPSA) is 66.5 Å². The summed E-state index contributed by atoms with van der Waals surface area (Å²) in [6.07, 6.45) is 0. The van der Waals surface area contributed by atoms with Crippen molar-refractivity contribution in [1.82, 2.24) is 0 Å². The van der Waals surface area contributed by atoms with Crippen LogP contribution >= 0.6 is 23.4 Å². The minimum absolute atomic E-state index is 0.121. The number of rotatable bonds is 9. The summed E-state index contributed by atoms with van der Waals surface area (Å²) < 4.78 is 27.9. The van der Waals surface area contributed by atoms with Crippen molar-refractivity contribution >= 4 is 50.7 Å². The number of halogens is 1. The van der Waals surface area contributed by atoms with E-state index in [4.69, 9.17) is 11.6 Å². The third-order valence-corrected chi connectivity index (χ3v) is 8.32. The van der Waals surface area contributed by atoms with Gasteiger partial charge in [0.05, 0.1) is 16.3 Å². The number of amides is 1. The minimum atomic E-state index is -3.94. The second-order valence-electron chi connectivity index (χ2n) is 7.62. The molecule has 178 valence electrons. The van der Waals surface area contributed by atoms with Crippen LogP contribution in [0.25, 0.3) is 0 Å². The van der Waals surface area contributed by atoms with Crippen molar-refractivity contribution in [2.24, 2.45) is 0 Å². The van der Waals surface area contributed by atoms with Crippen molar-refractivity contribution in [3.63, 3.8) is 0 Å². The van der Waals surface area contributed by atoms with Gasteiger partial charge in [-0.1, -0.05) is 72.3 Å². The van der Waals surface area contributed by atoms with Gasteiger partial charge in [-0.2, -0.15) is 0 Å². The molecule has 0 saturated heterocycles. The SMILES string of the molecule is O=C(CN(c1ccccc1)S(=O)(=O)c1ccccc1)Nc1ccccc1SCc1ccc(Cl)cc1. The Labute approximate surface area is 214 Å². The van der Waals surface area contributed by atoms with Crippen LogP contribution in [0.5, 0.6) is 0 Å². The average Bonchev–Trinajstić information content (AvgIpc) is 2.88. The third-order valence-electron chi connectivity index (χ3n) is 5.13. The maximum absolute atomic E-state index is 13.4. The lowest BCUT2D eigenvalue weighted by Crippen LogP contribution is -2.38. The number of nitrogens with one attached hydrogen (secondary N) is 1. The van der Waals surface area contributed by atoms with Gasteiger partial charge in [-0.15, -0.1) is 11.8 Å². The molecule has 1 N–H and O–H groups in total. The van der Waals surface area contributed by atoms with Gasteiger partial charge >= 0.3 is 0 Å². The minimum Gasteiger partial charge on any atom is -0.323 e. The Kier molecular flexibility index (Phi) is 8.13. The molecule has 4 aromatic rings. The van der Waals surface area contributed by atoms with E-state index >= 15 is 0 Å². The van der Waals surface area contributed by atoms with Crippen LogP contribution in [0, 0.1) is 0 Å². The summed E-state index contributed by atoms with van der Waals surface area (Å²) in [5.41, 5.74) is 2.14. The first-order chi connectivity index (χ1) is 16.9. The fourth-order valence-electron chi connectivity index (χ4n) is 3.39. The fourth-order valence-corrected chi connectivity index (χ4v) is 5.92. The Balaban J connectivity index is 1.53. The first kappa shape index (κ1) is 24.9. The van der Waals surface area contributed by atoms with Crippen molar-refractivity contribution in [3.05, 3.63) is 120 Å². The predicted octanol–water partition coefficient (Wildman–Crippen LogP) is 6.47. The van der Waals surface area contributed by atoms with Crippen LogP contribution in [-0.2, 0) is 20.6 Å². The zero-order valence-corrected chi connectivity index (χ0v) is 21.1. The second kappa shape index (κ2) is 11.4. The molecule has 0 unspecified atom stereocenters. The predicted molar refractivity (Wildman–Crippen MR) is 144 cm³/mol. The van der Waals surface area contributed by atoms with Gasteiger partial charge in [0.2, 0.25) is 5.91 Å². The lowest BCUT2D eigenvalue weighted by molar-refractivity contribution is -0.114. The quantitative estimate of drug-likeness (QED) is 0.256. The summed E-state index contributed by atoms with van der Waals surface area (Å²) in [6.45, 7) is -0.364. The van der Waals surface area contributed by atoms with Gasteiger partial charge in [0.25, 0.3) is 10.0 Å². The molecule has 0 atom stereocenters. The highest BCUT2D eigenvalue weighted by molar-refractivity contribution is 7.98. The van der Waals surface area contributed by atoms with Gasteiger partial charge < -0.3 is 5.32 Å². The van der Waals surface area contributed by atoms with Gasteiger partial charge in [0.1, 0.15) is 6.54 Å². The zero-order valence-electron chi connectivity index (χ0n) is 18.7. The molecule has 1 amide bonds. The highest BCUT2D eigenvalue weighted by Gasteiger charge is 2.27. The molecule has 0 heterocycles. The van der Waals surface area contributed by atoms with Crippen LogP contribution in [0.4, 0.5) is 11.4 Å². The molecule has 8 heteroatoms. The van der Waals surface area contributed by atoms with Gasteiger partial charge in [0.15, 0.2) is 0 Å². The van der Waals surface area contributed by atoms with Crippen LogP contribution in [0.2, 0.25) is 5.02 Å². The van der Waals surface area contributed by atoms with E-state index in [-0.39, 0.29) is 11.4 Å². The molecule has 35 heavy (non-hydrogen) atoms. The summed E-state index contributed by atoms with van der Waals surface area (Å²) in [7, 11) is -3.94. The first-order valence-electron chi connectivity index (χ1n) is 10.8. The maximum atomic E-state index is 13.4. The second-order valence-corrected chi connectivity index (χ2v) is 10.9. The van der Waals surface area contributed by atoms with Crippen LogP contribution in [0.1, 0.15) is 5.56 Å². The van der Waals surface area contributed by atoms with Crippen molar-refractivity contribution in [2.45, 2.75) is 15.5 Å². The lowest BCUT2D eigenvalue weighted by Gasteiger charge is -2.24. The van der Waals surface area contributed by atoms with E-state index in [0.29, 0.717) is 22.2 Å². The van der Waals surface area contributed by atoms with Crippen molar-refractivity contribution in [3.8, 4) is 0 Å². The van der Waals surface area contributed by atoms with E-state index in [1.807, 2.05) is 42.5 Å². The number of benzene rings is 4. The van der Waals surface area contributed by atoms with E-state index < -0.39 is 15.9 Å². The molecule has 5 nitrogen and oxygen atoms in total. The fraction of sp³-hybridized carbons (Fsp3) is 0.0741. The van der Waals surface area contributed by atoms with E-state index in [1.54, 1.807) is 66.4 Å². The summed E-state index contributed by atoms with van der Waals surface area (Å²) >= 11 is 7.54. The normalized spacial score (nSPS) is 11.1. The van der Waals surface area contributed by atoms with E-state index in [1.165, 1.54) is 12.1 Å². The van der Waals surface area contributed by atoms with Gasteiger partial charge in [-0.25, -0.2) is 8.42 Å². The molecule has 0 bridgehead atoms. The number of carbonyl (C=O) groups is 1. The van der Waals surface area contributed by atoms with Crippen molar-refractivity contribution in [1.29, 1.82) is 0 Å². The van der Waals surface area contributed by atoms with E-state index in [0.717, 1.165) is 14.8 Å². The Morgan fingerprint density at radius 1 is 0.800 bits per heavy atom. The summed E-state index contributed by atoms with van der Waals surface area (Å²) in [5.74, 6) is 0.260. The third kappa shape index (κ3) is 6.45. The van der Waals surface area contributed by atoms with Crippen LogP contribution in [0.3, 0.4) is 0 Å². The monoisotopic (exact) mass is 522 g/mol. The van der Waals surface area contributed by atoms with Gasteiger partial charge in [-0.05, 0) is 54.1 Å². The molecule has 0 fully saturated rings. The summed E-state index contributed by atoms with van der Waals surface area (Å²) in [4.78, 5) is 14.1. The van der Waals surface area contributed by atoms with E-state index in [2.05, 4.69) is 5.32 Å². The summed E-state index contributed by atoms with van der Waals surface area (Å²) in [5, 5.41) is 3.57. The molecule has 0 aromatic heterocycles. The van der Waals surface area contributed by atoms with E-state index in [9.17, 15) is 13.2 Å². The number of hydrogen-bond donors (Lipinski definition) is 1. The number of anilines is 2. The number of carbonyl (C=O) groups excluding carboxylic acids is 1. The Hall–Kier alpha value is -3.26. The Bertz CT molecular complexity index is 1380. The molecule has 4 aromatic carbocycles. The molecular formula is C27H23ClN2O3S2. The first-order valence-corrected chi connectivity index (χ1v) is 13.6. The number of thioether (sulfide) groups is 1. The molecule has 4 rings (SSSR count). The highest BCUT2D eigenvalue weighted by atomic mass is 35.5. The Morgan fingerprint density at radius 3 is 2.09 bits per heavy atom.